The fourth-order valence-electron chi connectivity index (χ4n) is 2.68. The predicted molar refractivity (Wildman–Crippen MR) is 131 cm³/mol. The minimum absolute atomic E-state index is 0.269. The van der Waals surface area contributed by atoms with Gasteiger partial charge in [0.15, 0.2) is 0 Å². The first-order valence-electron chi connectivity index (χ1n) is 9.64. The first kappa shape index (κ1) is 24.1. The Morgan fingerprint density at radius 3 is 2.48 bits per heavy atom. The number of benzene rings is 2. The molecular formula is C22H23N5O4S2. The molecule has 3 rings (SSSR count). The number of aromatic nitrogens is 2. The number of nitrogens with zero attached hydrogens (tertiary/aromatic N) is 2. The Morgan fingerprint density at radius 2 is 1.85 bits per heavy atom. The monoisotopic (exact) mass is 485 g/mol. The highest BCUT2D eigenvalue weighted by Crippen LogP contribution is 2.32. The van der Waals surface area contributed by atoms with Crippen LogP contribution in [0.2, 0.25) is 0 Å². The van der Waals surface area contributed by atoms with Crippen LogP contribution in [0.25, 0.3) is 0 Å². The molecule has 0 aliphatic rings. The average molecular weight is 486 g/mol. The van der Waals surface area contributed by atoms with Crippen LogP contribution >= 0.6 is 11.8 Å². The number of ether oxygens (including phenoxy) is 1. The van der Waals surface area contributed by atoms with Gasteiger partial charge in [-0.3, -0.25) is 9.52 Å². The van der Waals surface area contributed by atoms with Crippen molar-refractivity contribution in [2.45, 2.75) is 16.8 Å². The molecule has 9 nitrogen and oxygen atoms in total. The summed E-state index contributed by atoms with van der Waals surface area (Å²) < 4.78 is 30.7. The fourth-order valence-corrected chi connectivity index (χ4v) is 4.09. The van der Waals surface area contributed by atoms with E-state index in [1.807, 2.05) is 19.1 Å². The van der Waals surface area contributed by atoms with E-state index < -0.39 is 10.0 Å². The fraction of sp³-hybridized carbons (Fsp3) is 0.136. The molecule has 0 spiro atoms. The molecule has 0 saturated carbocycles. The molecule has 0 saturated heterocycles. The molecule has 2 aromatic carbocycles. The Morgan fingerprint density at radius 1 is 1.15 bits per heavy atom. The molecule has 0 aliphatic heterocycles. The van der Waals surface area contributed by atoms with E-state index in [2.05, 4.69) is 31.9 Å². The van der Waals surface area contributed by atoms with Crippen LogP contribution in [0.15, 0.2) is 71.2 Å². The van der Waals surface area contributed by atoms with Gasteiger partial charge in [0.05, 0.1) is 19.1 Å². The van der Waals surface area contributed by atoms with Crippen LogP contribution < -0.4 is 20.1 Å². The number of amides is 1. The summed E-state index contributed by atoms with van der Waals surface area (Å²) in [5.74, 6) is 0.467. The minimum Gasteiger partial charge on any atom is -0.494 e. The van der Waals surface area contributed by atoms with Gasteiger partial charge in [-0.2, -0.15) is 0 Å². The van der Waals surface area contributed by atoms with Gasteiger partial charge in [-0.15, -0.1) is 0 Å². The second-order valence-corrected chi connectivity index (χ2v) is 9.73. The molecule has 33 heavy (non-hydrogen) atoms. The number of sulfonamides is 1. The van der Waals surface area contributed by atoms with Crippen LogP contribution in [-0.4, -0.2) is 37.7 Å². The molecule has 0 bridgehead atoms. The third-order valence-electron chi connectivity index (χ3n) is 4.20. The number of aryl methyl sites for hydroxylation is 1. The highest BCUT2D eigenvalue weighted by Gasteiger charge is 2.11. The Kier molecular flexibility index (Phi) is 7.56. The maximum absolute atomic E-state index is 11.5. The molecule has 1 aromatic heterocycles. The summed E-state index contributed by atoms with van der Waals surface area (Å²) in [6.45, 7) is 5.35. The lowest BCUT2D eigenvalue weighted by molar-refractivity contribution is -0.111. The molecule has 0 aliphatic carbocycles. The van der Waals surface area contributed by atoms with E-state index in [1.54, 1.807) is 36.5 Å². The lowest BCUT2D eigenvalue weighted by atomic mass is 10.2. The molecule has 3 aromatic rings. The van der Waals surface area contributed by atoms with E-state index in [4.69, 9.17) is 4.74 Å². The van der Waals surface area contributed by atoms with Gasteiger partial charge in [-0.05, 0) is 49.4 Å². The maximum atomic E-state index is 11.5. The maximum Gasteiger partial charge on any atom is 0.247 e. The van der Waals surface area contributed by atoms with Gasteiger partial charge in [-0.1, -0.05) is 18.3 Å². The smallest absolute Gasteiger partial charge is 0.247 e. The zero-order valence-corrected chi connectivity index (χ0v) is 19.9. The molecule has 3 N–H and O–H groups in total. The Labute approximate surface area is 196 Å². The molecular weight excluding hydrogens is 462 g/mol. The summed E-state index contributed by atoms with van der Waals surface area (Å²) in [5.41, 5.74) is 2.54. The first-order valence-corrected chi connectivity index (χ1v) is 12.4. The van der Waals surface area contributed by atoms with Crippen molar-refractivity contribution in [1.82, 2.24) is 9.97 Å². The van der Waals surface area contributed by atoms with Gasteiger partial charge in [0.25, 0.3) is 0 Å². The summed E-state index contributed by atoms with van der Waals surface area (Å²) in [4.78, 5) is 21.3. The molecule has 172 valence electrons. The Bertz CT molecular complexity index is 1280. The van der Waals surface area contributed by atoms with Crippen molar-refractivity contribution in [3.63, 3.8) is 0 Å². The number of carbonyl (C=O) groups excluding carboxylic acids is 1. The Balaban J connectivity index is 1.76. The SMILES string of the molecule is C=CC(=O)Nc1ccc(Sc2nc(Nc3ccc(NS(C)(=O)=O)c(OC)c3)ncc2C)cc1. The lowest BCUT2D eigenvalue weighted by Gasteiger charge is -2.13. The number of hydrogen-bond acceptors (Lipinski definition) is 8. The average Bonchev–Trinajstić information content (AvgIpc) is 2.77. The van der Waals surface area contributed by atoms with E-state index in [-0.39, 0.29) is 5.91 Å². The van der Waals surface area contributed by atoms with Crippen molar-refractivity contribution in [2.24, 2.45) is 0 Å². The summed E-state index contributed by atoms with van der Waals surface area (Å²) in [5, 5.41) is 6.58. The molecule has 0 radical (unpaired) electrons. The van der Waals surface area contributed by atoms with E-state index >= 15 is 0 Å². The van der Waals surface area contributed by atoms with Crippen molar-refractivity contribution in [1.29, 1.82) is 0 Å². The lowest BCUT2D eigenvalue weighted by Crippen LogP contribution is -2.10. The van der Waals surface area contributed by atoms with E-state index in [0.717, 1.165) is 21.7 Å². The summed E-state index contributed by atoms with van der Waals surface area (Å²) >= 11 is 1.46. The molecule has 0 fully saturated rings. The van der Waals surface area contributed by atoms with Crippen LogP contribution in [0, 0.1) is 6.92 Å². The van der Waals surface area contributed by atoms with Gasteiger partial charge >= 0.3 is 0 Å². The van der Waals surface area contributed by atoms with Crippen LogP contribution in [0.3, 0.4) is 0 Å². The zero-order valence-electron chi connectivity index (χ0n) is 18.2. The second kappa shape index (κ2) is 10.4. The van der Waals surface area contributed by atoms with Crippen molar-refractivity contribution in [2.75, 3.05) is 28.7 Å². The predicted octanol–water partition coefficient (Wildman–Crippen LogP) is 4.18. The zero-order chi connectivity index (χ0) is 24.0. The number of anilines is 4. The summed E-state index contributed by atoms with van der Waals surface area (Å²) in [7, 11) is -1.98. The Hall–Kier alpha value is -3.57. The second-order valence-electron chi connectivity index (χ2n) is 6.92. The van der Waals surface area contributed by atoms with Gasteiger partial charge in [0.2, 0.25) is 21.9 Å². The summed E-state index contributed by atoms with van der Waals surface area (Å²) in [6, 6.07) is 12.3. The van der Waals surface area contributed by atoms with Crippen LogP contribution in [0.5, 0.6) is 5.75 Å². The van der Waals surface area contributed by atoms with Gasteiger partial charge in [-0.25, -0.2) is 18.4 Å². The van der Waals surface area contributed by atoms with Crippen LogP contribution in [0.4, 0.5) is 23.0 Å². The third-order valence-corrected chi connectivity index (χ3v) is 5.91. The first-order chi connectivity index (χ1) is 15.7. The number of rotatable bonds is 9. The topological polar surface area (TPSA) is 122 Å². The molecule has 1 amide bonds. The molecule has 1 heterocycles. The third kappa shape index (κ3) is 6.96. The summed E-state index contributed by atoms with van der Waals surface area (Å²) in [6.07, 6.45) is 4.00. The number of nitrogens with one attached hydrogen (secondary N) is 3. The largest absolute Gasteiger partial charge is 0.494 e. The quantitative estimate of drug-likeness (QED) is 0.305. The highest BCUT2D eigenvalue weighted by atomic mass is 32.2. The van der Waals surface area contributed by atoms with Crippen molar-refractivity contribution in [3.05, 3.63) is 66.9 Å². The standard InChI is InChI=1S/C22H23N5O4S2/c1-5-20(28)24-15-6-9-17(10-7-15)32-21-14(2)13-23-22(26-21)25-16-8-11-18(19(12-16)31-3)27-33(4,29)30/h5-13,27H,1H2,2-4H3,(H,24,28)(H,23,25,26). The van der Waals surface area contributed by atoms with Crippen LogP contribution in [0.1, 0.15) is 5.56 Å². The van der Waals surface area contributed by atoms with Crippen molar-refractivity contribution < 1.29 is 17.9 Å². The van der Waals surface area contributed by atoms with Gasteiger partial charge in [0.1, 0.15) is 10.8 Å². The highest BCUT2D eigenvalue weighted by molar-refractivity contribution is 7.99. The number of methoxy groups -OCH3 is 1. The molecule has 0 atom stereocenters. The number of hydrogen-bond donors (Lipinski definition) is 3. The van der Waals surface area contributed by atoms with Gasteiger partial charge in [0, 0.05) is 34.1 Å². The molecule has 11 heteroatoms. The normalized spacial score (nSPS) is 10.9. The van der Waals surface area contributed by atoms with Crippen LogP contribution in [-0.2, 0) is 14.8 Å². The van der Waals surface area contributed by atoms with Crippen molar-refractivity contribution >= 4 is 50.7 Å². The van der Waals surface area contributed by atoms with Crippen molar-refractivity contribution in [3.8, 4) is 5.75 Å². The van der Waals surface area contributed by atoms with E-state index in [9.17, 15) is 13.2 Å². The van der Waals surface area contributed by atoms with E-state index in [1.165, 1.54) is 24.9 Å². The van der Waals surface area contributed by atoms with Gasteiger partial charge < -0.3 is 15.4 Å². The van der Waals surface area contributed by atoms with E-state index in [0.29, 0.717) is 28.8 Å². The minimum atomic E-state index is -3.43. The number of carbonyl (C=O) groups is 1. The molecule has 0 unspecified atom stereocenters.